The smallest absolute Gasteiger partial charge is 0.239 e. The lowest BCUT2D eigenvalue weighted by Gasteiger charge is -2.11. The molecule has 0 aliphatic rings. The third-order valence-corrected chi connectivity index (χ3v) is 5.89. The molecule has 2 aromatic heterocycles. The van der Waals surface area contributed by atoms with Gasteiger partial charge in [-0.2, -0.15) is 0 Å². The van der Waals surface area contributed by atoms with E-state index in [4.69, 9.17) is 11.6 Å². The Bertz CT molecular complexity index is 975. The Hall–Kier alpha value is -2.43. The summed E-state index contributed by atoms with van der Waals surface area (Å²) in [5.41, 5.74) is 0.657. The lowest BCUT2D eigenvalue weighted by molar-refractivity contribution is -0.116. The van der Waals surface area contributed by atoms with Gasteiger partial charge < -0.3 is 15.2 Å². The molecule has 0 aliphatic heterocycles. The molecule has 0 spiro atoms. The Labute approximate surface area is 181 Å². The number of carbonyl (C=O) groups is 2. The zero-order valence-corrected chi connectivity index (χ0v) is 18.1. The quantitative estimate of drug-likeness (QED) is 0.507. The molecule has 11 heteroatoms. The van der Waals surface area contributed by atoms with Gasteiger partial charge in [-0.15, -0.1) is 21.5 Å². The number of nitrogens with zero attached hydrogens (tertiary/aromatic N) is 4. The fraction of sp³-hybridized carbons (Fsp3) is 0.278. The van der Waals surface area contributed by atoms with Crippen LogP contribution in [0.4, 0.5) is 10.8 Å². The molecule has 3 rings (SSSR count). The number of anilines is 2. The largest absolute Gasteiger partial charge is 0.326 e. The van der Waals surface area contributed by atoms with E-state index in [1.54, 1.807) is 42.8 Å². The maximum absolute atomic E-state index is 12.4. The molecule has 0 fully saturated rings. The van der Waals surface area contributed by atoms with Crippen LogP contribution in [-0.2, 0) is 22.6 Å². The van der Waals surface area contributed by atoms with Crippen molar-refractivity contribution in [3.05, 3.63) is 46.7 Å². The van der Waals surface area contributed by atoms with Crippen molar-refractivity contribution in [1.29, 1.82) is 0 Å². The van der Waals surface area contributed by atoms with Gasteiger partial charge in [-0.25, -0.2) is 4.98 Å². The molecule has 0 saturated carbocycles. The Kier molecular flexibility index (Phi) is 7.24. The average molecular weight is 451 g/mol. The fourth-order valence-corrected chi connectivity index (χ4v) is 4.03. The number of aromatic nitrogens is 4. The molecule has 3 aromatic rings. The van der Waals surface area contributed by atoms with E-state index in [2.05, 4.69) is 25.8 Å². The van der Waals surface area contributed by atoms with Crippen LogP contribution in [0.15, 0.2) is 41.0 Å². The number of benzene rings is 1. The number of amides is 2. The Morgan fingerprint density at radius 2 is 2.00 bits per heavy atom. The van der Waals surface area contributed by atoms with Crippen molar-refractivity contribution in [2.45, 2.75) is 37.2 Å². The summed E-state index contributed by atoms with van der Waals surface area (Å²) >= 11 is 8.50. The van der Waals surface area contributed by atoms with Gasteiger partial charge in [0.05, 0.1) is 11.7 Å². The molecule has 2 N–H and O–H groups in total. The fourth-order valence-electron chi connectivity index (χ4n) is 2.44. The van der Waals surface area contributed by atoms with Crippen LogP contribution in [0.5, 0.6) is 0 Å². The number of hydrogen-bond acceptors (Lipinski definition) is 7. The van der Waals surface area contributed by atoms with Crippen molar-refractivity contribution in [1.82, 2.24) is 19.7 Å². The lowest BCUT2D eigenvalue weighted by atomic mass is 10.3. The van der Waals surface area contributed by atoms with E-state index in [1.165, 1.54) is 23.1 Å². The summed E-state index contributed by atoms with van der Waals surface area (Å²) < 4.78 is 1.83. The molecule has 0 unspecified atom stereocenters. The molecular weight excluding hydrogens is 432 g/mol. The standard InChI is InChI=1S/C18H19ClN6O2S2/c1-3-25-14(10-15(26)21-13-6-4-12(19)5-7-13)23-24-18(25)29-11(2)16(27)22-17-20-8-9-28-17/h4-9,11H,3,10H2,1-2H3,(H,21,26)(H,20,22,27)/t11-/m1/s1. The van der Waals surface area contributed by atoms with Crippen LogP contribution in [0.3, 0.4) is 0 Å². The lowest BCUT2D eigenvalue weighted by Crippen LogP contribution is -2.23. The van der Waals surface area contributed by atoms with Crippen molar-refractivity contribution >= 4 is 57.3 Å². The van der Waals surface area contributed by atoms with Crippen molar-refractivity contribution in [2.24, 2.45) is 0 Å². The van der Waals surface area contributed by atoms with Gasteiger partial charge in [0.2, 0.25) is 11.8 Å². The average Bonchev–Trinajstić information content (AvgIpc) is 3.33. The summed E-state index contributed by atoms with van der Waals surface area (Å²) in [7, 11) is 0. The maximum Gasteiger partial charge on any atom is 0.239 e. The second-order valence-electron chi connectivity index (χ2n) is 5.96. The summed E-state index contributed by atoms with van der Waals surface area (Å²) in [6, 6.07) is 6.88. The third-order valence-electron chi connectivity index (χ3n) is 3.87. The van der Waals surface area contributed by atoms with E-state index in [0.717, 1.165) is 0 Å². The molecule has 152 valence electrons. The van der Waals surface area contributed by atoms with Crippen molar-refractivity contribution in [3.8, 4) is 0 Å². The van der Waals surface area contributed by atoms with Gasteiger partial charge in [0.1, 0.15) is 5.82 Å². The number of rotatable bonds is 8. The molecule has 2 amide bonds. The van der Waals surface area contributed by atoms with E-state index in [-0.39, 0.29) is 18.2 Å². The highest BCUT2D eigenvalue weighted by molar-refractivity contribution is 8.00. The minimum atomic E-state index is -0.399. The molecule has 0 radical (unpaired) electrons. The van der Waals surface area contributed by atoms with Crippen molar-refractivity contribution in [2.75, 3.05) is 10.6 Å². The van der Waals surface area contributed by atoms with Gasteiger partial charge in [0, 0.05) is 28.8 Å². The molecular formula is C18H19ClN6O2S2. The molecule has 2 heterocycles. The number of nitrogens with one attached hydrogen (secondary N) is 2. The van der Waals surface area contributed by atoms with E-state index in [0.29, 0.717) is 33.4 Å². The van der Waals surface area contributed by atoms with Crippen LogP contribution in [0, 0.1) is 0 Å². The van der Waals surface area contributed by atoms with E-state index >= 15 is 0 Å². The normalized spacial score (nSPS) is 11.8. The zero-order valence-electron chi connectivity index (χ0n) is 15.8. The maximum atomic E-state index is 12.4. The van der Waals surface area contributed by atoms with Gasteiger partial charge in [-0.05, 0) is 38.1 Å². The van der Waals surface area contributed by atoms with Crippen LogP contribution >= 0.6 is 34.7 Å². The SMILES string of the molecule is CCn1c(CC(=O)Nc2ccc(Cl)cc2)nnc1S[C@H](C)C(=O)Nc1nccs1. The summed E-state index contributed by atoms with van der Waals surface area (Å²) in [4.78, 5) is 28.7. The summed E-state index contributed by atoms with van der Waals surface area (Å²) in [6.07, 6.45) is 1.71. The Balaban J connectivity index is 1.62. The summed E-state index contributed by atoms with van der Waals surface area (Å²) in [5.74, 6) is 0.159. The number of thiazole rings is 1. The highest BCUT2D eigenvalue weighted by atomic mass is 35.5. The van der Waals surface area contributed by atoms with E-state index in [1.807, 2.05) is 11.5 Å². The summed E-state index contributed by atoms with van der Waals surface area (Å²) in [6.45, 7) is 4.31. The van der Waals surface area contributed by atoms with Crippen LogP contribution < -0.4 is 10.6 Å². The summed E-state index contributed by atoms with van der Waals surface area (Å²) in [5, 5.41) is 17.0. The van der Waals surface area contributed by atoms with E-state index in [9.17, 15) is 9.59 Å². The first-order valence-corrected chi connectivity index (χ1v) is 10.9. The number of hydrogen-bond donors (Lipinski definition) is 2. The molecule has 0 bridgehead atoms. The first kappa shape index (κ1) is 21.3. The van der Waals surface area contributed by atoms with Crippen LogP contribution in [0.1, 0.15) is 19.7 Å². The predicted molar refractivity (Wildman–Crippen MR) is 116 cm³/mol. The third kappa shape index (κ3) is 5.78. The van der Waals surface area contributed by atoms with Gasteiger partial charge in [-0.3, -0.25) is 9.59 Å². The molecule has 0 saturated heterocycles. The highest BCUT2D eigenvalue weighted by Crippen LogP contribution is 2.24. The molecule has 8 nitrogen and oxygen atoms in total. The van der Waals surface area contributed by atoms with Crippen LogP contribution in [0.25, 0.3) is 0 Å². The van der Waals surface area contributed by atoms with Gasteiger partial charge in [-0.1, -0.05) is 23.4 Å². The molecule has 1 aromatic carbocycles. The van der Waals surface area contributed by atoms with Crippen molar-refractivity contribution < 1.29 is 9.59 Å². The molecule has 29 heavy (non-hydrogen) atoms. The van der Waals surface area contributed by atoms with Crippen molar-refractivity contribution in [3.63, 3.8) is 0 Å². The van der Waals surface area contributed by atoms with Crippen LogP contribution in [0.2, 0.25) is 5.02 Å². The van der Waals surface area contributed by atoms with Gasteiger partial charge in [0.15, 0.2) is 10.3 Å². The minimum absolute atomic E-state index is 0.0731. The minimum Gasteiger partial charge on any atom is -0.326 e. The first-order valence-electron chi connectivity index (χ1n) is 8.80. The second-order valence-corrected chi connectivity index (χ2v) is 8.60. The monoisotopic (exact) mass is 450 g/mol. The second kappa shape index (κ2) is 9.86. The zero-order chi connectivity index (χ0) is 20.8. The van der Waals surface area contributed by atoms with Crippen LogP contribution in [-0.4, -0.2) is 36.8 Å². The first-order chi connectivity index (χ1) is 14.0. The molecule has 0 aliphatic carbocycles. The number of carbonyl (C=O) groups excluding carboxylic acids is 2. The number of halogens is 1. The highest BCUT2D eigenvalue weighted by Gasteiger charge is 2.21. The topological polar surface area (TPSA) is 102 Å². The Morgan fingerprint density at radius 1 is 1.24 bits per heavy atom. The number of thioether (sulfide) groups is 1. The van der Waals surface area contributed by atoms with E-state index < -0.39 is 5.25 Å². The van der Waals surface area contributed by atoms with Gasteiger partial charge in [0.25, 0.3) is 0 Å². The predicted octanol–water partition coefficient (Wildman–Crippen LogP) is 3.71. The molecule has 1 atom stereocenters. The Morgan fingerprint density at radius 3 is 2.66 bits per heavy atom. The van der Waals surface area contributed by atoms with Gasteiger partial charge >= 0.3 is 0 Å².